The van der Waals surface area contributed by atoms with Crippen molar-refractivity contribution in [2.75, 3.05) is 32.8 Å². The molecule has 0 aliphatic carbocycles. The molecule has 0 aromatic heterocycles. The zero-order chi connectivity index (χ0) is 13.8. The van der Waals surface area contributed by atoms with E-state index in [-0.39, 0.29) is 18.0 Å². The summed E-state index contributed by atoms with van der Waals surface area (Å²) in [6, 6.07) is 3.48. The van der Waals surface area contributed by atoms with Crippen molar-refractivity contribution in [3.63, 3.8) is 0 Å². The van der Waals surface area contributed by atoms with Gasteiger partial charge in [-0.2, -0.15) is 0 Å². The number of piperazine rings is 1. The minimum absolute atomic E-state index is 0.0248. The maximum Gasteiger partial charge on any atom is 0.270 e. The first-order chi connectivity index (χ1) is 9.13. The van der Waals surface area contributed by atoms with Crippen LogP contribution in [0.2, 0.25) is 0 Å². The normalized spacial score (nSPS) is 18.2. The van der Waals surface area contributed by atoms with Crippen LogP contribution in [0.5, 0.6) is 5.75 Å². The molecule has 0 radical (unpaired) electrons. The second kappa shape index (κ2) is 5.96. The van der Waals surface area contributed by atoms with E-state index in [2.05, 4.69) is 5.32 Å². The summed E-state index contributed by atoms with van der Waals surface area (Å²) in [6.45, 7) is 2.87. The lowest BCUT2D eigenvalue weighted by atomic mass is 10.0. The van der Waals surface area contributed by atoms with Crippen LogP contribution in [-0.4, -0.2) is 52.8 Å². The molecule has 0 bridgehead atoms. The van der Waals surface area contributed by atoms with Crippen molar-refractivity contribution in [1.29, 1.82) is 0 Å². The molecular weight excluding hydrogens is 250 g/mol. The molecule has 1 aromatic carbocycles. The van der Waals surface area contributed by atoms with Crippen LogP contribution >= 0.6 is 0 Å². The molecule has 19 heavy (non-hydrogen) atoms. The number of aliphatic hydroxyl groups excluding tert-OH is 1. The van der Waals surface area contributed by atoms with E-state index in [1.54, 1.807) is 0 Å². The summed E-state index contributed by atoms with van der Waals surface area (Å²) in [4.78, 5) is 12.3. The standard InChI is InChI=1S/C12H17N3O4/c16-8-11(14-5-3-13-4-6-14)10-7-9(15(18)19)1-2-12(10)17/h1-2,7,11,13,16-17H,3-6,8H2/t11-/m0/s1. The number of rotatable bonds is 4. The molecule has 0 unspecified atom stereocenters. The molecule has 1 saturated heterocycles. The molecule has 1 atom stereocenters. The van der Waals surface area contributed by atoms with Crippen molar-refractivity contribution in [3.05, 3.63) is 33.9 Å². The highest BCUT2D eigenvalue weighted by Crippen LogP contribution is 2.31. The van der Waals surface area contributed by atoms with E-state index in [4.69, 9.17) is 0 Å². The predicted molar refractivity (Wildman–Crippen MR) is 69.0 cm³/mol. The van der Waals surface area contributed by atoms with E-state index >= 15 is 0 Å². The highest BCUT2D eigenvalue weighted by atomic mass is 16.6. The molecular formula is C12H17N3O4. The van der Waals surface area contributed by atoms with E-state index in [9.17, 15) is 20.3 Å². The number of hydrogen-bond donors (Lipinski definition) is 3. The van der Waals surface area contributed by atoms with Crippen molar-refractivity contribution in [2.24, 2.45) is 0 Å². The summed E-state index contributed by atoms with van der Waals surface area (Å²) in [5.74, 6) is -0.0248. The van der Waals surface area contributed by atoms with Gasteiger partial charge in [-0.15, -0.1) is 0 Å². The summed E-state index contributed by atoms with van der Waals surface area (Å²) in [5.41, 5.74) is 0.319. The Labute approximate surface area is 110 Å². The third-order valence-corrected chi connectivity index (χ3v) is 3.35. The monoisotopic (exact) mass is 267 g/mol. The first kappa shape index (κ1) is 13.7. The van der Waals surface area contributed by atoms with E-state index in [1.807, 2.05) is 4.90 Å². The van der Waals surface area contributed by atoms with E-state index in [1.165, 1.54) is 18.2 Å². The Balaban J connectivity index is 2.30. The van der Waals surface area contributed by atoms with Crippen molar-refractivity contribution in [3.8, 4) is 5.75 Å². The van der Waals surface area contributed by atoms with E-state index < -0.39 is 11.0 Å². The van der Waals surface area contributed by atoms with Crippen LogP contribution in [0.4, 0.5) is 5.69 Å². The molecule has 0 amide bonds. The summed E-state index contributed by atoms with van der Waals surface area (Å²) in [5, 5.41) is 33.4. The number of aliphatic hydroxyl groups is 1. The van der Waals surface area contributed by atoms with Gasteiger partial charge in [-0.05, 0) is 6.07 Å². The lowest BCUT2D eigenvalue weighted by Gasteiger charge is -2.34. The fourth-order valence-electron chi connectivity index (χ4n) is 2.33. The number of nitro groups is 1. The zero-order valence-electron chi connectivity index (χ0n) is 10.5. The fraction of sp³-hybridized carbons (Fsp3) is 0.500. The number of non-ortho nitro benzene ring substituents is 1. The van der Waals surface area contributed by atoms with Gasteiger partial charge < -0.3 is 15.5 Å². The Bertz CT molecular complexity index is 460. The Kier molecular flexibility index (Phi) is 4.31. The number of nitrogens with zero attached hydrogens (tertiary/aromatic N) is 2. The third kappa shape index (κ3) is 3.01. The molecule has 2 rings (SSSR count). The Morgan fingerprint density at radius 2 is 2.11 bits per heavy atom. The van der Waals surface area contributed by atoms with Crippen LogP contribution in [0.25, 0.3) is 0 Å². The Morgan fingerprint density at radius 3 is 2.68 bits per heavy atom. The maximum atomic E-state index is 10.8. The fourth-order valence-corrected chi connectivity index (χ4v) is 2.33. The van der Waals surface area contributed by atoms with Crippen LogP contribution in [0.3, 0.4) is 0 Å². The molecule has 0 saturated carbocycles. The van der Waals surface area contributed by atoms with Crippen LogP contribution in [0.1, 0.15) is 11.6 Å². The van der Waals surface area contributed by atoms with Crippen molar-refractivity contribution in [2.45, 2.75) is 6.04 Å². The Hall–Kier alpha value is -1.70. The van der Waals surface area contributed by atoms with Gasteiger partial charge in [0, 0.05) is 43.9 Å². The van der Waals surface area contributed by atoms with Crippen molar-refractivity contribution in [1.82, 2.24) is 10.2 Å². The number of nitro benzene ring substituents is 1. The number of aromatic hydroxyl groups is 1. The molecule has 1 aromatic rings. The van der Waals surface area contributed by atoms with Gasteiger partial charge in [0.25, 0.3) is 5.69 Å². The minimum Gasteiger partial charge on any atom is -0.508 e. The van der Waals surface area contributed by atoms with Gasteiger partial charge in [-0.3, -0.25) is 15.0 Å². The largest absolute Gasteiger partial charge is 0.508 e. The molecule has 7 nitrogen and oxygen atoms in total. The number of nitrogens with one attached hydrogen (secondary N) is 1. The summed E-state index contributed by atoms with van der Waals surface area (Å²) >= 11 is 0. The van der Waals surface area contributed by atoms with Gasteiger partial charge in [-0.1, -0.05) is 0 Å². The second-order valence-electron chi connectivity index (χ2n) is 4.48. The average Bonchev–Trinajstić information content (AvgIpc) is 2.42. The number of benzene rings is 1. The number of phenolic OH excluding ortho intramolecular Hbond substituents is 1. The Morgan fingerprint density at radius 1 is 1.42 bits per heavy atom. The lowest BCUT2D eigenvalue weighted by molar-refractivity contribution is -0.385. The van der Waals surface area contributed by atoms with Gasteiger partial charge in [0.1, 0.15) is 5.75 Å². The van der Waals surface area contributed by atoms with Gasteiger partial charge in [-0.25, -0.2) is 0 Å². The molecule has 3 N–H and O–H groups in total. The first-order valence-corrected chi connectivity index (χ1v) is 6.16. The van der Waals surface area contributed by atoms with Gasteiger partial charge in [0.15, 0.2) is 0 Å². The lowest BCUT2D eigenvalue weighted by Crippen LogP contribution is -2.46. The topological polar surface area (TPSA) is 98.9 Å². The molecule has 104 valence electrons. The molecule has 1 aliphatic rings. The minimum atomic E-state index is -0.505. The maximum absolute atomic E-state index is 10.8. The second-order valence-corrected chi connectivity index (χ2v) is 4.48. The van der Waals surface area contributed by atoms with E-state index in [0.717, 1.165) is 26.2 Å². The smallest absolute Gasteiger partial charge is 0.270 e. The zero-order valence-corrected chi connectivity index (χ0v) is 10.5. The first-order valence-electron chi connectivity index (χ1n) is 6.16. The van der Waals surface area contributed by atoms with Crippen molar-refractivity contribution < 1.29 is 15.1 Å². The van der Waals surface area contributed by atoms with Crippen LogP contribution in [0.15, 0.2) is 18.2 Å². The highest BCUT2D eigenvalue weighted by Gasteiger charge is 2.25. The number of phenols is 1. The third-order valence-electron chi connectivity index (χ3n) is 3.35. The van der Waals surface area contributed by atoms with Crippen LogP contribution in [-0.2, 0) is 0 Å². The molecule has 7 heteroatoms. The van der Waals surface area contributed by atoms with Gasteiger partial charge in [0.05, 0.1) is 17.6 Å². The summed E-state index contributed by atoms with van der Waals surface area (Å²) in [6.07, 6.45) is 0. The van der Waals surface area contributed by atoms with Gasteiger partial charge in [0.2, 0.25) is 0 Å². The quantitative estimate of drug-likeness (QED) is 0.534. The van der Waals surface area contributed by atoms with Crippen LogP contribution < -0.4 is 5.32 Å². The highest BCUT2D eigenvalue weighted by molar-refractivity contribution is 5.44. The van der Waals surface area contributed by atoms with Crippen LogP contribution in [0, 0.1) is 10.1 Å². The average molecular weight is 267 g/mol. The number of hydrogen-bond acceptors (Lipinski definition) is 6. The molecule has 1 heterocycles. The van der Waals surface area contributed by atoms with Crippen molar-refractivity contribution >= 4 is 5.69 Å². The van der Waals surface area contributed by atoms with E-state index in [0.29, 0.717) is 5.56 Å². The summed E-state index contributed by atoms with van der Waals surface area (Å²) < 4.78 is 0. The molecule has 0 spiro atoms. The predicted octanol–water partition coefficient (Wildman–Crippen LogP) is 0.239. The molecule has 1 fully saturated rings. The van der Waals surface area contributed by atoms with Gasteiger partial charge >= 0.3 is 0 Å². The SMILES string of the molecule is O=[N+]([O-])c1ccc(O)c([C@H](CO)N2CCNCC2)c1. The summed E-state index contributed by atoms with van der Waals surface area (Å²) in [7, 11) is 0. The molecule has 1 aliphatic heterocycles.